The Kier molecular flexibility index (Phi) is 12.8. The average molecular weight is 441 g/mol. The molecule has 2 heterocycles. The van der Waals surface area contributed by atoms with Gasteiger partial charge in [0.05, 0.1) is 9.75 Å². The van der Waals surface area contributed by atoms with Crippen LogP contribution in [0.2, 0.25) is 0 Å². The predicted octanol–water partition coefficient (Wildman–Crippen LogP) is 0.459. The molecule has 0 amide bonds. The number of aryl methyl sites for hydroxylation is 2. The van der Waals surface area contributed by atoms with E-state index in [0.717, 1.165) is 25.9 Å². The monoisotopic (exact) mass is 440 g/mol. The third-order valence-electron chi connectivity index (χ3n) is 3.67. The van der Waals surface area contributed by atoms with E-state index in [1.165, 1.54) is 21.1 Å². The molecule has 0 bridgehead atoms. The van der Waals surface area contributed by atoms with Crippen molar-refractivity contribution in [3.63, 3.8) is 0 Å². The summed E-state index contributed by atoms with van der Waals surface area (Å²) >= 11 is 3.46. The van der Waals surface area contributed by atoms with E-state index in [9.17, 15) is 0 Å². The Morgan fingerprint density at radius 1 is 0.889 bits per heavy atom. The van der Waals surface area contributed by atoms with Gasteiger partial charge in [-0.15, -0.1) is 0 Å². The molecule has 8 nitrogen and oxygen atoms in total. The smallest absolute Gasteiger partial charge is 0.225 e. The van der Waals surface area contributed by atoms with E-state index < -0.39 is 10.4 Å². The van der Waals surface area contributed by atoms with Crippen molar-refractivity contribution in [3.05, 3.63) is 32.2 Å². The lowest BCUT2D eigenvalue weighted by Crippen LogP contribution is -2.32. The average Bonchev–Trinajstić information content (AvgIpc) is 3.11. The largest absolute Gasteiger partial charge is 0.759 e. The van der Waals surface area contributed by atoms with Gasteiger partial charge in [0.15, 0.2) is 11.4 Å². The van der Waals surface area contributed by atoms with Crippen molar-refractivity contribution >= 4 is 33.1 Å². The van der Waals surface area contributed by atoms with Crippen molar-refractivity contribution in [2.75, 3.05) is 13.2 Å². The number of hydrogen-bond donors (Lipinski definition) is 2. The first kappa shape index (κ1) is 26.1. The molecule has 0 aromatic carbocycles. The van der Waals surface area contributed by atoms with Gasteiger partial charge in [0.2, 0.25) is 11.0 Å². The molecule has 2 aromatic heterocycles. The molecule has 0 spiro atoms. The highest BCUT2D eigenvalue weighted by atomic mass is 32.3. The van der Waals surface area contributed by atoms with Crippen molar-refractivity contribution in [1.82, 2.24) is 0 Å². The minimum absolute atomic E-state index is 0.255. The molecule has 0 aliphatic carbocycles. The number of thiazole rings is 2. The zero-order chi connectivity index (χ0) is 21.0. The van der Waals surface area contributed by atoms with Crippen LogP contribution in [-0.4, -0.2) is 41.0 Å². The summed E-state index contributed by atoms with van der Waals surface area (Å²) in [4.78, 5) is 2.60. The van der Waals surface area contributed by atoms with E-state index in [0.29, 0.717) is 0 Å². The Bertz CT molecular complexity index is 713. The van der Waals surface area contributed by atoms with E-state index in [2.05, 4.69) is 47.9 Å². The van der Waals surface area contributed by atoms with E-state index in [-0.39, 0.29) is 13.2 Å². The Hall–Kier alpha value is -0.950. The molecule has 156 valence electrons. The number of aliphatic hydroxyl groups excluding tert-OH is 2. The molecule has 0 fully saturated rings. The fourth-order valence-electron chi connectivity index (χ4n) is 2.21. The van der Waals surface area contributed by atoms with Crippen LogP contribution in [0.5, 0.6) is 0 Å². The molecule has 0 unspecified atom stereocenters. The summed E-state index contributed by atoms with van der Waals surface area (Å²) in [7, 11) is -5.17. The summed E-state index contributed by atoms with van der Waals surface area (Å²) in [6.45, 7) is 11.0. The van der Waals surface area contributed by atoms with E-state index in [1.54, 1.807) is 22.7 Å². The normalized spacial score (nSPS) is 10.7. The molecule has 0 radical (unpaired) electrons. The van der Waals surface area contributed by atoms with Gasteiger partial charge in [-0.1, -0.05) is 22.7 Å². The molecular formula is C16H28N2O6S3. The van der Waals surface area contributed by atoms with Gasteiger partial charge in [0.1, 0.15) is 13.1 Å². The quantitative estimate of drug-likeness (QED) is 0.381. The maximum absolute atomic E-state index is 8.72. The van der Waals surface area contributed by atoms with E-state index in [4.69, 9.17) is 27.7 Å². The number of aliphatic hydroxyl groups is 2. The predicted molar refractivity (Wildman–Crippen MR) is 102 cm³/mol. The summed E-state index contributed by atoms with van der Waals surface area (Å²) in [5, 5.41) is 17.4. The third-order valence-corrected chi connectivity index (χ3v) is 5.96. The van der Waals surface area contributed by atoms with E-state index in [1.807, 2.05) is 0 Å². The van der Waals surface area contributed by atoms with Crippen molar-refractivity contribution < 1.29 is 36.9 Å². The lowest BCUT2D eigenvalue weighted by Gasteiger charge is -2.06. The summed E-state index contributed by atoms with van der Waals surface area (Å²) in [6, 6.07) is 0. The van der Waals surface area contributed by atoms with Gasteiger partial charge in [-0.25, -0.2) is 0 Å². The van der Waals surface area contributed by atoms with Crippen molar-refractivity contribution in [1.29, 1.82) is 0 Å². The van der Waals surface area contributed by atoms with Crippen LogP contribution < -0.4 is 9.13 Å². The first-order valence-electron chi connectivity index (χ1n) is 8.40. The second kappa shape index (κ2) is 13.3. The van der Waals surface area contributed by atoms with Gasteiger partial charge in [-0.05, 0) is 13.8 Å². The Balaban J connectivity index is 0.000000405. The zero-order valence-electron chi connectivity index (χ0n) is 16.0. The molecule has 0 atom stereocenters. The van der Waals surface area contributed by atoms with Crippen LogP contribution in [0.1, 0.15) is 35.0 Å². The molecule has 2 N–H and O–H groups in total. The molecule has 2 aromatic rings. The van der Waals surface area contributed by atoms with E-state index >= 15 is 0 Å². The Labute approximate surface area is 169 Å². The highest BCUT2D eigenvalue weighted by Crippen LogP contribution is 2.11. The van der Waals surface area contributed by atoms with Gasteiger partial charge >= 0.3 is 0 Å². The lowest BCUT2D eigenvalue weighted by atomic mass is 10.3. The highest BCUT2D eigenvalue weighted by molar-refractivity contribution is 7.79. The molecule has 0 aliphatic rings. The Morgan fingerprint density at radius 2 is 1.19 bits per heavy atom. The minimum atomic E-state index is -5.17. The van der Waals surface area contributed by atoms with Crippen LogP contribution in [0.3, 0.4) is 0 Å². The fourth-order valence-corrected chi connectivity index (χ4v) is 4.33. The summed E-state index contributed by atoms with van der Waals surface area (Å²) < 4.78 is 38.5. The summed E-state index contributed by atoms with van der Waals surface area (Å²) in [5.41, 5.74) is 6.82. The first-order valence-corrected chi connectivity index (χ1v) is 11.5. The molecule has 0 saturated heterocycles. The molecule has 27 heavy (non-hydrogen) atoms. The highest BCUT2D eigenvalue weighted by Gasteiger charge is 2.12. The second-order valence-corrected chi connectivity index (χ2v) is 8.09. The number of rotatable bonds is 6. The van der Waals surface area contributed by atoms with Crippen LogP contribution in [0.4, 0.5) is 0 Å². The van der Waals surface area contributed by atoms with Gasteiger partial charge in [-0.2, -0.15) is 9.13 Å². The molecule has 0 saturated carbocycles. The zero-order valence-corrected chi connectivity index (χ0v) is 18.5. The van der Waals surface area contributed by atoms with Crippen LogP contribution in [0.25, 0.3) is 0 Å². The maximum Gasteiger partial charge on any atom is 0.225 e. The molecular weight excluding hydrogens is 412 g/mol. The van der Waals surface area contributed by atoms with Crippen LogP contribution in [-0.2, 0) is 36.3 Å². The van der Waals surface area contributed by atoms with Crippen molar-refractivity contribution in [3.8, 4) is 0 Å². The molecule has 2 rings (SSSR count). The first-order chi connectivity index (χ1) is 12.6. The van der Waals surface area contributed by atoms with Crippen LogP contribution in [0.15, 0.2) is 11.0 Å². The van der Waals surface area contributed by atoms with Crippen molar-refractivity contribution in [2.24, 2.45) is 0 Å². The van der Waals surface area contributed by atoms with Gasteiger partial charge in [0, 0.05) is 50.3 Å². The third kappa shape index (κ3) is 10.8. The maximum atomic E-state index is 8.72. The summed E-state index contributed by atoms with van der Waals surface area (Å²) in [6.07, 6.45) is 1.59. The number of aromatic nitrogens is 2. The van der Waals surface area contributed by atoms with Gasteiger partial charge in [0.25, 0.3) is 0 Å². The number of nitrogens with zero attached hydrogens (tertiary/aromatic N) is 2. The Morgan fingerprint density at radius 3 is 1.37 bits per heavy atom. The molecule has 0 aliphatic heterocycles. The van der Waals surface area contributed by atoms with Gasteiger partial charge in [-0.3, -0.25) is 8.42 Å². The lowest BCUT2D eigenvalue weighted by molar-refractivity contribution is -0.695. The van der Waals surface area contributed by atoms with Crippen molar-refractivity contribution in [2.45, 2.75) is 53.6 Å². The molecule has 11 heteroatoms. The standard InChI is InChI=1S/2C8H14NOS.H2O4S/c2*1-3-9-6-11-8(4-5-10)7(9)2;1-5(2,3)4/h2*6,10H,3-5H2,1-2H3;(H2,1,2,3,4)/q2*+1;/p-2. The summed E-state index contributed by atoms with van der Waals surface area (Å²) in [5.74, 6) is 0. The fraction of sp³-hybridized carbons (Fsp3) is 0.625. The topological polar surface area (TPSA) is 128 Å². The second-order valence-electron chi connectivity index (χ2n) is 5.39. The van der Waals surface area contributed by atoms with Crippen LogP contribution in [0, 0.1) is 13.8 Å². The van der Waals surface area contributed by atoms with Gasteiger partial charge < -0.3 is 19.3 Å². The SMILES string of the molecule is CC[n+]1csc(CCO)c1C.CC[n+]1csc(CCO)c1C.O=S(=O)([O-])[O-]. The van der Waals surface area contributed by atoms with Crippen LogP contribution >= 0.6 is 22.7 Å². The number of hydrogen-bond acceptors (Lipinski definition) is 8. The minimum Gasteiger partial charge on any atom is -0.759 e.